The molecular weight excluding hydrogens is 368 g/mol. The van der Waals surface area contributed by atoms with E-state index in [0.717, 1.165) is 22.5 Å². The molecule has 0 spiro atoms. The summed E-state index contributed by atoms with van der Waals surface area (Å²) >= 11 is 6.14. The van der Waals surface area contributed by atoms with Crippen molar-refractivity contribution in [2.45, 2.75) is 6.61 Å². The Kier molecular flexibility index (Phi) is 3.32. The zero-order valence-corrected chi connectivity index (χ0v) is 15.3. The molecule has 0 aliphatic carbocycles. The van der Waals surface area contributed by atoms with E-state index in [1.165, 1.54) is 4.68 Å². The first-order valence-corrected chi connectivity index (χ1v) is 8.70. The van der Waals surface area contributed by atoms with E-state index >= 15 is 0 Å². The first kappa shape index (κ1) is 16.0. The predicted octanol–water partition coefficient (Wildman–Crippen LogP) is 2.95. The third kappa shape index (κ3) is 2.41. The number of halogens is 1. The number of ether oxygens (including phenoxy) is 1. The second-order valence-corrected chi connectivity index (χ2v) is 6.85. The molecule has 0 radical (unpaired) electrons. The van der Waals surface area contributed by atoms with Crippen molar-refractivity contribution in [2.24, 2.45) is 14.1 Å². The molecule has 3 aromatic heterocycles. The van der Waals surface area contributed by atoms with Crippen LogP contribution in [0.15, 0.2) is 35.3 Å². The molecule has 2 N–H and O–H groups in total. The monoisotopic (exact) mass is 382 g/mol. The predicted molar refractivity (Wildman–Crippen MR) is 103 cm³/mol. The van der Waals surface area contributed by atoms with E-state index in [9.17, 15) is 4.79 Å². The molecule has 0 amide bonds. The molecule has 9 heteroatoms. The van der Waals surface area contributed by atoms with Crippen molar-refractivity contribution < 1.29 is 4.74 Å². The van der Waals surface area contributed by atoms with Gasteiger partial charge in [-0.2, -0.15) is 5.10 Å². The van der Waals surface area contributed by atoms with Gasteiger partial charge in [0.15, 0.2) is 11.4 Å². The van der Waals surface area contributed by atoms with Crippen LogP contribution in [-0.4, -0.2) is 24.5 Å². The highest BCUT2D eigenvalue weighted by molar-refractivity contribution is 6.30. The van der Waals surface area contributed by atoms with Gasteiger partial charge in [0.1, 0.15) is 22.8 Å². The first-order valence-electron chi connectivity index (χ1n) is 8.32. The zero-order valence-electron chi connectivity index (χ0n) is 14.6. The van der Waals surface area contributed by atoms with Crippen LogP contribution in [0.5, 0.6) is 5.75 Å². The standard InChI is InChI=1S/C18H15ClN6O2/c1-24-7-9-8-27-16-10(15(9)22-24)4-3-5-11(16)20-12-6-13(19)21-17-14(12)18(26)25(2)23-17/h3-7H,8H2,1-2H3,(H2,20,21,23). The number of para-hydroxylation sites is 1. The van der Waals surface area contributed by atoms with Crippen molar-refractivity contribution >= 4 is 34.0 Å². The second kappa shape index (κ2) is 5.62. The molecule has 136 valence electrons. The zero-order chi connectivity index (χ0) is 18.7. The van der Waals surface area contributed by atoms with Crippen LogP contribution in [0.2, 0.25) is 5.15 Å². The minimum Gasteiger partial charge on any atom is -0.486 e. The number of hydrogen-bond acceptors (Lipinski definition) is 5. The molecular formula is C18H15ClN6O2. The Morgan fingerprint density at radius 1 is 1.30 bits per heavy atom. The van der Waals surface area contributed by atoms with E-state index in [-0.39, 0.29) is 10.7 Å². The number of aromatic amines is 1. The summed E-state index contributed by atoms with van der Waals surface area (Å²) in [6, 6.07) is 7.41. The highest BCUT2D eigenvalue weighted by atomic mass is 35.5. The van der Waals surface area contributed by atoms with Crippen LogP contribution in [-0.2, 0) is 20.7 Å². The van der Waals surface area contributed by atoms with Crippen LogP contribution >= 0.6 is 11.6 Å². The molecule has 0 unspecified atom stereocenters. The van der Waals surface area contributed by atoms with Gasteiger partial charge in [0.25, 0.3) is 5.56 Å². The summed E-state index contributed by atoms with van der Waals surface area (Å²) in [6.45, 7) is 0.438. The Morgan fingerprint density at radius 3 is 3.00 bits per heavy atom. The van der Waals surface area contributed by atoms with Gasteiger partial charge in [-0.25, -0.2) is 4.98 Å². The Bertz CT molecular complexity index is 1270. The quantitative estimate of drug-likeness (QED) is 0.520. The van der Waals surface area contributed by atoms with Crippen LogP contribution in [0.4, 0.5) is 11.4 Å². The molecule has 0 saturated heterocycles. The molecule has 5 rings (SSSR count). The Labute approximate surface area is 158 Å². The number of pyridine rings is 1. The van der Waals surface area contributed by atoms with E-state index in [1.807, 2.05) is 31.4 Å². The number of nitrogens with zero attached hydrogens (tertiary/aromatic N) is 4. The Morgan fingerprint density at radius 2 is 2.15 bits per heavy atom. The van der Waals surface area contributed by atoms with Crippen molar-refractivity contribution in [1.82, 2.24) is 24.5 Å². The summed E-state index contributed by atoms with van der Waals surface area (Å²) in [5, 5.41) is 11.4. The number of benzene rings is 1. The molecule has 4 aromatic rings. The number of fused-ring (bicyclic) bond motifs is 4. The molecule has 0 fully saturated rings. The molecule has 1 aromatic carbocycles. The van der Waals surface area contributed by atoms with E-state index < -0.39 is 0 Å². The van der Waals surface area contributed by atoms with Crippen molar-refractivity contribution in [3.8, 4) is 17.0 Å². The van der Waals surface area contributed by atoms with Crippen molar-refractivity contribution in [3.05, 3.63) is 51.5 Å². The topological polar surface area (TPSA) is 89.8 Å². The number of aromatic nitrogens is 5. The minimum absolute atomic E-state index is 0.186. The maximum absolute atomic E-state index is 12.5. The lowest BCUT2D eigenvalue weighted by atomic mass is 10.0. The summed E-state index contributed by atoms with van der Waals surface area (Å²) < 4.78 is 9.14. The van der Waals surface area contributed by atoms with Gasteiger partial charge in [0, 0.05) is 31.4 Å². The van der Waals surface area contributed by atoms with Crippen LogP contribution in [0.25, 0.3) is 22.3 Å². The molecule has 27 heavy (non-hydrogen) atoms. The Balaban J connectivity index is 1.67. The van der Waals surface area contributed by atoms with Gasteiger partial charge in [0.05, 0.1) is 11.4 Å². The Hall–Kier alpha value is -3.26. The summed E-state index contributed by atoms with van der Waals surface area (Å²) in [5.41, 5.74) is 4.38. The number of nitrogens with one attached hydrogen (secondary N) is 2. The minimum atomic E-state index is -0.186. The van der Waals surface area contributed by atoms with E-state index in [0.29, 0.717) is 29.1 Å². The normalized spacial score (nSPS) is 12.6. The van der Waals surface area contributed by atoms with Gasteiger partial charge in [-0.05, 0) is 18.2 Å². The molecule has 0 saturated carbocycles. The lowest BCUT2D eigenvalue weighted by Crippen LogP contribution is -2.12. The maximum atomic E-state index is 12.5. The van der Waals surface area contributed by atoms with Crippen molar-refractivity contribution in [2.75, 3.05) is 5.32 Å². The van der Waals surface area contributed by atoms with Crippen LogP contribution in [0.3, 0.4) is 0 Å². The lowest BCUT2D eigenvalue weighted by Gasteiger charge is -2.20. The lowest BCUT2D eigenvalue weighted by molar-refractivity contribution is 0.304. The van der Waals surface area contributed by atoms with Crippen molar-refractivity contribution in [3.63, 3.8) is 0 Å². The van der Waals surface area contributed by atoms with Crippen LogP contribution in [0.1, 0.15) is 5.56 Å². The summed E-state index contributed by atoms with van der Waals surface area (Å²) in [5.74, 6) is 0.692. The van der Waals surface area contributed by atoms with Crippen LogP contribution in [0, 0.1) is 0 Å². The fraction of sp³-hybridized carbons (Fsp3) is 0.167. The fourth-order valence-electron chi connectivity index (χ4n) is 3.43. The van der Waals surface area contributed by atoms with E-state index in [1.54, 1.807) is 17.8 Å². The average molecular weight is 383 g/mol. The highest BCUT2D eigenvalue weighted by Crippen LogP contribution is 2.42. The number of aryl methyl sites for hydroxylation is 2. The molecule has 1 aliphatic rings. The van der Waals surface area contributed by atoms with Gasteiger partial charge in [-0.3, -0.25) is 19.3 Å². The third-order valence-electron chi connectivity index (χ3n) is 4.60. The van der Waals surface area contributed by atoms with Gasteiger partial charge in [-0.15, -0.1) is 0 Å². The first-order chi connectivity index (χ1) is 13.0. The van der Waals surface area contributed by atoms with E-state index in [4.69, 9.17) is 16.3 Å². The largest absolute Gasteiger partial charge is 0.486 e. The molecule has 0 bridgehead atoms. The smallest absolute Gasteiger partial charge is 0.277 e. The maximum Gasteiger partial charge on any atom is 0.277 e. The number of H-pyrrole nitrogens is 1. The van der Waals surface area contributed by atoms with Crippen molar-refractivity contribution in [1.29, 1.82) is 0 Å². The average Bonchev–Trinajstić information content (AvgIpc) is 3.14. The van der Waals surface area contributed by atoms with E-state index in [2.05, 4.69) is 20.5 Å². The summed E-state index contributed by atoms with van der Waals surface area (Å²) in [7, 11) is 3.52. The molecule has 1 aliphatic heterocycles. The number of anilines is 2. The van der Waals surface area contributed by atoms with Gasteiger partial charge in [0.2, 0.25) is 0 Å². The SMILES string of the molecule is Cn1cc2c(n1)-c1cccc(Nc3cc(Cl)nc4[nH]n(C)c(=O)c34)c1OC2. The summed E-state index contributed by atoms with van der Waals surface area (Å²) in [6.07, 6.45) is 1.95. The van der Waals surface area contributed by atoms with Crippen LogP contribution < -0.4 is 15.6 Å². The second-order valence-electron chi connectivity index (χ2n) is 6.46. The number of rotatable bonds is 2. The summed E-state index contributed by atoms with van der Waals surface area (Å²) in [4.78, 5) is 16.7. The third-order valence-corrected chi connectivity index (χ3v) is 4.79. The molecule has 0 atom stereocenters. The number of hydrogen-bond donors (Lipinski definition) is 2. The highest BCUT2D eigenvalue weighted by Gasteiger charge is 2.23. The molecule has 8 nitrogen and oxygen atoms in total. The fourth-order valence-corrected chi connectivity index (χ4v) is 3.62. The molecule has 4 heterocycles. The van der Waals surface area contributed by atoms with Gasteiger partial charge in [-0.1, -0.05) is 17.7 Å². The van der Waals surface area contributed by atoms with Gasteiger partial charge < -0.3 is 10.1 Å². The van der Waals surface area contributed by atoms with Gasteiger partial charge >= 0.3 is 0 Å².